The third-order valence-electron chi connectivity index (χ3n) is 3.50. The Balaban J connectivity index is 2.08. The monoisotopic (exact) mass is 266 g/mol. The molecule has 0 aliphatic carbocycles. The fourth-order valence-electron chi connectivity index (χ4n) is 2.41. The average molecular weight is 266 g/mol. The van der Waals surface area contributed by atoms with Crippen molar-refractivity contribution in [1.29, 1.82) is 0 Å². The summed E-state index contributed by atoms with van der Waals surface area (Å²) >= 11 is 0. The molecule has 0 fully saturated rings. The van der Waals surface area contributed by atoms with Crippen molar-refractivity contribution in [3.8, 4) is 11.5 Å². The quantitative estimate of drug-likeness (QED) is 0.784. The second-order valence-electron chi connectivity index (χ2n) is 4.95. The van der Waals surface area contributed by atoms with Crippen LogP contribution < -0.4 is 5.32 Å². The smallest absolute Gasteiger partial charge is 0.227 e. The highest BCUT2D eigenvalue weighted by atomic mass is 16.3. The Morgan fingerprint density at radius 2 is 1.95 bits per heavy atom. The number of benzene rings is 2. The van der Waals surface area contributed by atoms with Crippen LogP contribution in [0.25, 0.3) is 22.6 Å². The Kier molecular flexibility index (Phi) is 3.52. The lowest BCUT2D eigenvalue weighted by atomic mass is 10.0. The Labute approximate surface area is 118 Å². The standard InChI is InChI=1S/C17H18N2O/c1-12-6-5-9-15-16(12)20-17(19-15)14-8-4-3-7-13(14)10-11-18-2/h3-9,18H,10-11H2,1-2H3. The number of hydrogen-bond acceptors (Lipinski definition) is 3. The largest absolute Gasteiger partial charge is 0.436 e. The molecule has 3 heteroatoms. The second kappa shape index (κ2) is 5.47. The first kappa shape index (κ1) is 12.9. The van der Waals surface area contributed by atoms with Crippen molar-refractivity contribution in [2.75, 3.05) is 13.6 Å². The second-order valence-corrected chi connectivity index (χ2v) is 4.95. The van der Waals surface area contributed by atoms with Gasteiger partial charge in [0.05, 0.1) is 0 Å². The Bertz CT molecular complexity index is 731. The molecular formula is C17H18N2O. The van der Waals surface area contributed by atoms with E-state index in [1.54, 1.807) is 0 Å². The van der Waals surface area contributed by atoms with Crippen LogP contribution >= 0.6 is 0 Å². The molecule has 0 radical (unpaired) electrons. The van der Waals surface area contributed by atoms with Crippen LogP contribution in [0, 0.1) is 6.92 Å². The van der Waals surface area contributed by atoms with Gasteiger partial charge in [-0.25, -0.2) is 4.98 Å². The summed E-state index contributed by atoms with van der Waals surface area (Å²) in [6, 6.07) is 14.3. The van der Waals surface area contributed by atoms with Crippen molar-refractivity contribution in [1.82, 2.24) is 10.3 Å². The molecule has 0 atom stereocenters. The minimum Gasteiger partial charge on any atom is -0.436 e. The number of aromatic nitrogens is 1. The zero-order valence-electron chi connectivity index (χ0n) is 11.8. The van der Waals surface area contributed by atoms with Gasteiger partial charge in [-0.1, -0.05) is 30.3 Å². The molecule has 3 nitrogen and oxygen atoms in total. The molecule has 0 aliphatic rings. The molecule has 1 heterocycles. The van der Waals surface area contributed by atoms with Crippen LogP contribution in [-0.4, -0.2) is 18.6 Å². The zero-order valence-corrected chi connectivity index (χ0v) is 11.8. The lowest BCUT2D eigenvalue weighted by molar-refractivity contribution is 0.616. The normalized spacial score (nSPS) is 11.1. The van der Waals surface area contributed by atoms with Crippen LogP contribution in [0.15, 0.2) is 46.9 Å². The van der Waals surface area contributed by atoms with Crippen LogP contribution in [0.3, 0.4) is 0 Å². The number of hydrogen-bond donors (Lipinski definition) is 1. The van der Waals surface area contributed by atoms with E-state index >= 15 is 0 Å². The Morgan fingerprint density at radius 1 is 1.10 bits per heavy atom. The van der Waals surface area contributed by atoms with E-state index in [2.05, 4.69) is 28.5 Å². The summed E-state index contributed by atoms with van der Waals surface area (Å²) in [6.45, 7) is 2.99. The summed E-state index contributed by atoms with van der Waals surface area (Å²) < 4.78 is 5.97. The SMILES string of the molecule is CNCCc1ccccc1-c1nc2cccc(C)c2o1. The van der Waals surface area contributed by atoms with E-state index < -0.39 is 0 Å². The topological polar surface area (TPSA) is 38.1 Å². The molecule has 1 aromatic heterocycles. The van der Waals surface area contributed by atoms with E-state index in [1.807, 2.05) is 38.2 Å². The summed E-state index contributed by atoms with van der Waals surface area (Å²) in [6.07, 6.45) is 0.963. The van der Waals surface area contributed by atoms with Gasteiger partial charge in [0.2, 0.25) is 5.89 Å². The molecule has 0 aliphatic heterocycles. The van der Waals surface area contributed by atoms with E-state index in [0.717, 1.165) is 35.2 Å². The number of likely N-dealkylation sites (N-methyl/N-ethyl adjacent to an activating group) is 1. The highest BCUT2D eigenvalue weighted by Gasteiger charge is 2.12. The first-order chi connectivity index (χ1) is 9.79. The fraction of sp³-hybridized carbons (Fsp3) is 0.235. The zero-order chi connectivity index (χ0) is 13.9. The maximum Gasteiger partial charge on any atom is 0.227 e. The van der Waals surface area contributed by atoms with Gasteiger partial charge < -0.3 is 9.73 Å². The lowest BCUT2D eigenvalue weighted by Gasteiger charge is -2.05. The number of aryl methyl sites for hydroxylation is 1. The molecule has 2 aromatic carbocycles. The van der Waals surface area contributed by atoms with E-state index in [-0.39, 0.29) is 0 Å². The van der Waals surface area contributed by atoms with Gasteiger partial charge in [-0.2, -0.15) is 0 Å². The predicted molar refractivity (Wildman–Crippen MR) is 81.8 cm³/mol. The van der Waals surface area contributed by atoms with E-state index in [4.69, 9.17) is 4.42 Å². The Hall–Kier alpha value is -2.13. The molecule has 1 N–H and O–H groups in total. The molecule has 0 unspecified atom stereocenters. The third-order valence-corrected chi connectivity index (χ3v) is 3.50. The van der Waals surface area contributed by atoms with Gasteiger partial charge in [0.15, 0.2) is 5.58 Å². The average Bonchev–Trinajstić information content (AvgIpc) is 2.91. The number of oxazole rings is 1. The third kappa shape index (κ3) is 2.32. The van der Waals surface area contributed by atoms with Gasteiger partial charge in [-0.05, 0) is 50.2 Å². The maximum absolute atomic E-state index is 5.97. The molecule has 20 heavy (non-hydrogen) atoms. The highest BCUT2D eigenvalue weighted by Crippen LogP contribution is 2.28. The molecule has 3 rings (SSSR count). The van der Waals surface area contributed by atoms with Gasteiger partial charge in [0.25, 0.3) is 0 Å². The van der Waals surface area contributed by atoms with E-state index in [1.165, 1.54) is 5.56 Å². The number of para-hydroxylation sites is 1. The number of fused-ring (bicyclic) bond motifs is 1. The van der Waals surface area contributed by atoms with Gasteiger partial charge >= 0.3 is 0 Å². The van der Waals surface area contributed by atoms with Crippen LogP contribution in [0.5, 0.6) is 0 Å². The van der Waals surface area contributed by atoms with Crippen molar-refractivity contribution in [3.05, 3.63) is 53.6 Å². The first-order valence-corrected chi connectivity index (χ1v) is 6.88. The van der Waals surface area contributed by atoms with Crippen LogP contribution in [0.1, 0.15) is 11.1 Å². The molecule has 0 amide bonds. The summed E-state index contributed by atoms with van der Waals surface area (Å²) in [5.74, 6) is 0.709. The van der Waals surface area contributed by atoms with Gasteiger partial charge in [-0.3, -0.25) is 0 Å². The van der Waals surface area contributed by atoms with Crippen molar-refractivity contribution in [2.24, 2.45) is 0 Å². The lowest BCUT2D eigenvalue weighted by Crippen LogP contribution is -2.10. The van der Waals surface area contributed by atoms with E-state index in [0.29, 0.717) is 5.89 Å². The summed E-state index contributed by atoms with van der Waals surface area (Å²) in [5.41, 5.74) is 5.26. The van der Waals surface area contributed by atoms with Crippen LogP contribution in [0.2, 0.25) is 0 Å². The van der Waals surface area contributed by atoms with Crippen molar-refractivity contribution < 1.29 is 4.42 Å². The van der Waals surface area contributed by atoms with Crippen molar-refractivity contribution in [2.45, 2.75) is 13.3 Å². The molecule has 102 valence electrons. The molecule has 0 bridgehead atoms. The van der Waals surface area contributed by atoms with Crippen molar-refractivity contribution in [3.63, 3.8) is 0 Å². The fourth-order valence-corrected chi connectivity index (χ4v) is 2.41. The van der Waals surface area contributed by atoms with Gasteiger partial charge in [0, 0.05) is 5.56 Å². The summed E-state index contributed by atoms with van der Waals surface area (Å²) in [7, 11) is 1.96. The van der Waals surface area contributed by atoms with Crippen LogP contribution in [-0.2, 0) is 6.42 Å². The number of nitrogens with one attached hydrogen (secondary N) is 1. The number of nitrogens with zero attached hydrogens (tertiary/aromatic N) is 1. The minimum atomic E-state index is 0.709. The molecular weight excluding hydrogens is 248 g/mol. The van der Waals surface area contributed by atoms with Crippen LogP contribution in [0.4, 0.5) is 0 Å². The first-order valence-electron chi connectivity index (χ1n) is 6.88. The maximum atomic E-state index is 5.97. The molecule has 0 saturated heterocycles. The molecule has 3 aromatic rings. The minimum absolute atomic E-state index is 0.709. The van der Waals surface area contributed by atoms with Gasteiger partial charge in [-0.15, -0.1) is 0 Å². The molecule has 0 saturated carbocycles. The van der Waals surface area contributed by atoms with Crippen molar-refractivity contribution >= 4 is 11.1 Å². The number of rotatable bonds is 4. The van der Waals surface area contributed by atoms with E-state index in [9.17, 15) is 0 Å². The Morgan fingerprint density at radius 3 is 2.75 bits per heavy atom. The summed E-state index contributed by atoms with van der Waals surface area (Å²) in [4.78, 5) is 4.63. The summed E-state index contributed by atoms with van der Waals surface area (Å²) in [5, 5.41) is 3.18. The highest BCUT2D eigenvalue weighted by molar-refractivity contribution is 5.79. The van der Waals surface area contributed by atoms with Gasteiger partial charge in [0.1, 0.15) is 5.52 Å². The predicted octanol–water partition coefficient (Wildman–Crippen LogP) is 3.57. The molecule has 0 spiro atoms.